The number of hydrogen-bond donors (Lipinski definition) is 3. The van der Waals surface area contributed by atoms with Crippen molar-refractivity contribution in [3.63, 3.8) is 0 Å². The van der Waals surface area contributed by atoms with Crippen LogP contribution in [0, 0.1) is 0 Å². The fraction of sp³-hybridized carbons (Fsp3) is 0.0769. The summed E-state index contributed by atoms with van der Waals surface area (Å²) >= 11 is 5.78. The Morgan fingerprint density at radius 2 is 1.58 bits per heavy atom. The maximum absolute atomic E-state index is 11.6. The first kappa shape index (κ1) is 14.1. The molecule has 0 aliphatic rings. The minimum absolute atomic E-state index is 0.488. The van der Waals surface area contributed by atoms with Crippen LogP contribution in [-0.4, -0.2) is 9.79 Å². The molecule has 0 radical (unpaired) electrons. The van der Waals surface area contributed by atoms with Gasteiger partial charge in [-0.2, -0.15) is 0 Å². The Balaban J connectivity index is 2.32. The molecule has 0 aromatic heterocycles. The monoisotopic (exact) mass is 297 g/mol. The molecule has 100 valence electrons. The van der Waals surface area contributed by atoms with E-state index < -0.39 is 13.4 Å². The number of rotatable bonds is 4. The predicted molar refractivity (Wildman–Crippen MR) is 76.3 cm³/mol. The highest BCUT2D eigenvalue weighted by Crippen LogP contribution is 2.51. The van der Waals surface area contributed by atoms with Crippen molar-refractivity contribution in [2.45, 2.75) is 5.78 Å². The lowest BCUT2D eigenvalue weighted by Crippen LogP contribution is -2.11. The van der Waals surface area contributed by atoms with E-state index in [9.17, 15) is 14.4 Å². The number of nitrogens with one attached hydrogen (secondary N) is 1. The van der Waals surface area contributed by atoms with Gasteiger partial charge in [-0.3, -0.25) is 4.57 Å². The lowest BCUT2D eigenvalue weighted by atomic mass is 10.2. The third-order valence-electron chi connectivity index (χ3n) is 2.60. The number of hydrogen-bond acceptors (Lipinski definition) is 2. The molecule has 2 aromatic carbocycles. The van der Waals surface area contributed by atoms with Crippen molar-refractivity contribution in [3.8, 4) is 0 Å². The van der Waals surface area contributed by atoms with Crippen molar-refractivity contribution in [2.75, 3.05) is 5.32 Å². The largest absolute Gasteiger partial charge is 0.368 e. The maximum atomic E-state index is 11.6. The Morgan fingerprint density at radius 1 is 1.00 bits per heavy atom. The van der Waals surface area contributed by atoms with Crippen molar-refractivity contribution in [3.05, 3.63) is 65.2 Å². The van der Waals surface area contributed by atoms with Gasteiger partial charge in [0, 0.05) is 10.7 Å². The summed E-state index contributed by atoms with van der Waals surface area (Å²) in [6, 6.07) is 15.3. The molecule has 3 N–H and O–H groups in total. The van der Waals surface area contributed by atoms with E-state index in [4.69, 9.17) is 11.6 Å². The molecular formula is C13H13ClNO3P. The lowest BCUT2D eigenvalue weighted by molar-refractivity contribution is 0.363. The van der Waals surface area contributed by atoms with E-state index in [1.54, 1.807) is 48.5 Å². The fourth-order valence-electron chi connectivity index (χ4n) is 1.70. The third-order valence-corrected chi connectivity index (χ3v) is 3.95. The van der Waals surface area contributed by atoms with Crippen LogP contribution in [0.15, 0.2) is 54.6 Å². The van der Waals surface area contributed by atoms with Crippen LogP contribution in [0.1, 0.15) is 11.3 Å². The smallest absolute Gasteiger partial charge is 0.352 e. The molecule has 0 aliphatic carbocycles. The summed E-state index contributed by atoms with van der Waals surface area (Å²) in [5.41, 5.74) is 1.13. The maximum Gasteiger partial charge on any atom is 0.352 e. The second kappa shape index (κ2) is 5.76. The summed E-state index contributed by atoms with van der Waals surface area (Å²) in [7, 11) is -4.33. The van der Waals surface area contributed by atoms with E-state index in [1.165, 1.54) is 0 Å². The minimum Gasteiger partial charge on any atom is -0.368 e. The highest BCUT2D eigenvalue weighted by atomic mass is 35.5. The first-order chi connectivity index (χ1) is 8.97. The van der Waals surface area contributed by atoms with Gasteiger partial charge >= 0.3 is 7.60 Å². The molecule has 0 amide bonds. The fourth-order valence-corrected chi connectivity index (χ4v) is 2.70. The molecule has 0 saturated heterocycles. The van der Waals surface area contributed by atoms with E-state index in [2.05, 4.69) is 5.32 Å². The highest BCUT2D eigenvalue weighted by molar-refractivity contribution is 7.52. The van der Waals surface area contributed by atoms with E-state index in [-0.39, 0.29) is 0 Å². The Labute approximate surface area is 116 Å². The van der Waals surface area contributed by atoms with Gasteiger partial charge in [-0.05, 0) is 29.8 Å². The van der Waals surface area contributed by atoms with Crippen molar-refractivity contribution >= 4 is 24.9 Å². The van der Waals surface area contributed by atoms with Gasteiger partial charge in [0.15, 0.2) is 5.78 Å². The molecule has 0 aliphatic heterocycles. The van der Waals surface area contributed by atoms with Crippen LogP contribution in [0.25, 0.3) is 0 Å². The number of para-hydroxylation sites is 1. The molecule has 2 rings (SSSR count). The first-order valence-corrected chi connectivity index (χ1v) is 7.65. The first-order valence-electron chi connectivity index (χ1n) is 5.59. The van der Waals surface area contributed by atoms with E-state index in [0.29, 0.717) is 16.3 Å². The van der Waals surface area contributed by atoms with Gasteiger partial charge in [0.1, 0.15) is 0 Å². The van der Waals surface area contributed by atoms with Gasteiger partial charge in [0.05, 0.1) is 0 Å². The average Bonchev–Trinajstić information content (AvgIpc) is 2.37. The van der Waals surface area contributed by atoms with Crippen molar-refractivity contribution in [1.82, 2.24) is 0 Å². The molecule has 0 fully saturated rings. The predicted octanol–water partition coefficient (Wildman–Crippen LogP) is 3.63. The van der Waals surface area contributed by atoms with E-state index >= 15 is 0 Å². The zero-order valence-corrected chi connectivity index (χ0v) is 11.6. The van der Waals surface area contributed by atoms with Crippen LogP contribution in [0.4, 0.5) is 5.69 Å². The summed E-state index contributed by atoms with van der Waals surface area (Å²) in [4.78, 5) is 19.0. The molecular weight excluding hydrogens is 285 g/mol. The van der Waals surface area contributed by atoms with Crippen LogP contribution >= 0.6 is 19.2 Å². The van der Waals surface area contributed by atoms with Gasteiger partial charge in [0.25, 0.3) is 0 Å². The van der Waals surface area contributed by atoms with Gasteiger partial charge in [-0.15, -0.1) is 0 Å². The summed E-state index contributed by atoms with van der Waals surface area (Å²) in [6.07, 6.45) is 0. The second-order valence-corrected chi connectivity index (χ2v) is 6.18. The van der Waals surface area contributed by atoms with E-state index in [0.717, 1.165) is 0 Å². The molecule has 2 aromatic rings. The van der Waals surface area contributed by atoms with E-state index in [1.807, 2.05) is 6.07 Å². The molecule has 1 atom stereocenters. The normalized spacial score (nSPS) is 13.0. The van der Waals surface area contributed by atoms with Gasteiger partial charge < -0.3 is 15.1 Å². The van der Waals surface area contributed by atoms with Gasteiger partial charge in [-0.1, -0.05) is 41.9 Å². The second-order valence-electron chi connectivity index (χ2n) is 4.05. The molecule has 0 heterocycles. The molecule has 6 heteroatoms. The molecule has 19 heavy (non-hydrogen) atoms. The third kappa shape index (κ3) is 3.82. The Bertz CT molecular complexity index is 583. The Morgan fingerprint density at radius 3 is 2.11 bits per heavy atom. The summed E-state index contributed by atoms with van der Waals surface area (Å²) in [5.74, 6) is -1.09. The summed E-state index contributed by atoms with van der Waals surface area (Å²) in [5, 5.41) is 3.37. The molecule has 4 nitrogen and oxygen atoms in total. The van der Waals surface area contributed by atoms with Crippen molar-refractivity contribution < 1.29 is 14.4 Å². The lowest BCUT2D eigenvalue weighted by Gasteiger charge is -2.21. The van der Waals surface area contributed by atoms with Gasteiger partial charge in [0.2, 0.25) is 0 Å². The minimum atomic E-state index is -4.33. The van der Waals surface area contributed by atoms with Crippen LogP contribution in [0.2, 0.25) is 5.02 Å². The van der Waals surface area contributed by atoms with Crippen LogP contribution in [0.3, 0.4) is 0 Å². The van der Waals surface area contributed by atoms with Crippen molar-refractivity contribution in [1.29, 1.82) is 0 Å². The number of anilines is 1. The van der Waals surface area contributed by atoms with Crippen LogP contribution in [-0.2, 0) is 4.57 Å². The Kier molecular flexibility index (Phi) is 4.27. The zero-order chi connectivity index (χ0) is 13.9. The van der Waals surface area contributed by atoms with Crippen LogP contribution < -0.4 is 5.32 Å². The molecule has 0 bridgehead atoms. The topological polar surface area (TPSA) is 69.6 Å². The highest BCUT2D eigenvalue weighted by Gasteiger charge is 2.30. The Hall–Kier alpha value is -1.32. The molecule has 0 saturated carbocycles. The van der Waals surface area contributed by atoms with Gasteiger partial charge in [-0.25, -0.2) is 0 Å². The number of benzene rings is 2. The molecule has 0 spiro atoms. The average molecular weight is 298 g/mol. The zero-order valence-electron chi connectivity index (χ0n) is 9.90. The number of halogens is 1. The quantitative estimate of drug-likeness (QED) is 0.754. The summed E-state index contributed by atoms with van der Waals surface area (Å²) < 4.78 is 11.6. The van der Waals surface area contributed by atoms with Crippen LogP contribution in [0.5, 0.6) is 0 Å². The molecule has 1 unspecified atom stereocenters. The standard InChI is InChI=1S/C13H13ClNO3P/c14-11-8-6-10(7-9-11)13(19(16,17)18)15-12-4-2-1-3-5-12/h1-9,13,15H,(H2,16,17,18). The SMILES string of the molecule is O=P(O)(O)C(Nc1ccccc1)c1ccc(Cl)cc1. The summed E-state index contributed by atoms with van der Waals surface area (Å²) in [6.45, 7) is 0. The van der Waals surface area contributed by atoms with Crippen molar-refractivity contribution in [2.24, 2.45) is 0 Å².